The molecule has 0 radical (unpaired) electrons. The van der Waals surface area contributed by atoms with Crippen LogP contribution in [-0.2, 0) is 22.4 Å². The van der Waals surface area contributed by atoms with Gasteiger partial charge in [0.05, 0.1) is 6.10 Å². The van der Waals surface area contributed by atoms with Crippen molar-refractivity contribution in [3.63, 3.8) is 0 Å². The number of nitrogens with zero attached hydrogens (tertiary/aromatic N) is 5. The summed E-state index contributed by atoms with van der Waals surface area (Å²) in [5, 5.41) is 11.5. The van der Waals surface area contributed by atoms with E-state index in [-0.39, 0.29) is 0 Å². The summed E-state index contributed by atoms with van der Waals surface area (Å²) >= 11 is 0. The van der Waals surface area contributed by atoms with Crippen molar-refractivity contribution in [3.05, 3.63) is 12.2 Å². The van der Waals surface area contributed by atoms with E-state index in [9.17, 15) is 0 Å². The quantitative estimate of drug-likeness (QED) is 0.405. The molecule has 1 aliphatic heterocycles. The monoisotopic (exact) mass is 352 g/mol. The highest BCUT2D eigenvalue weighted by Crippen LogP contribution is 2.14. The van der Waals surface area contributed by atoms with Crippen LogP contribution in [0.15, 0.2) is 11.3 Å². The second-order valence-corrected chi connectivity index (χ2v) is 6.17. The van der Waals surface area contributed by atoms with Gasteiger partial charge in [0, 0.05) is 60.0 Å². The number of piperidine rings is 1. The predicted molar refractivity (Wildman–Crippen MR) is 97.8 cm³/mol. The lowest BCUT2D eigenvalue weighted by Crippen LogP contribution is -2.47. The number of rotatable bonds is 9. The molecule has 1 aromatic rings. The summed E-state index contributed by atoms with van der Waals surface area (Å²) in [6.45, 7) is 7.24. The van der Waals surface area contributed by atoms with Gasteiger partial charge in [0.25, 0.3) is 0 Å². The number of hydrogen-bond donors (Lipinski definition) is 1. The highest BCUT2D eigenvalue weighted by atomic mass is 16.5. The van der Waals surface area contributed by atoms with E-state index in [4.69, 9.17) is 9.47 Å². The molecule has 2 heterocycles. The lowest BCUT2D eigenvalue weighted by molar-refractivity contribution is 0.00991. The van der Waals surface area contributed by atoms with Gasteiger partial charge in [0.1, 0.15) is 12.2 Å². The Hall–Kier alpha value is -1.67. The van der Waals surface area contributed by atoms with E-state index in [1.165, 1.54) is 0 Å². The van der Waals surface area contributed by atoms with Gasteiger partial charge in [-0.05, 0) is 19.3 Å². The van der Waals surface area contributed by atoms with Crippen LogP contribution in [0.3, 0.4) is 0 Å². The van der Waals surface area contributed by atoms with Crippen molar-refractivity contribution in [2.45, 2.75) is 45.3 Å². The first-order valence-electron chi connectivity index (χ1n) is 9.21. The van der Waals surface area contributed by atoms with Crippen LogP contribution in [0.25, 0.3) is 0 Å². The number of aromatic nitrogens is 3. The molecule has 1 aliphatic rings. The first-order valence-corrected chi connectivity index (χ1v) is 9.21. The summed E-state index contributed by atoms with van der Waals surface area (Å²) in [4.78, 5) is 6.73. The minimum Gasteiger partial charge on any atom is -0.385 e. The molecular formula is C17H32N6O2. The summed E-state index contributed by atoms with van der Waals surface area (Å²) in [6.07, 6.45) is 6.08. The molecule has 1 aromatic heterocycles. The van der Waals surface area contributed by atoms with Gasteiger partial charge in [-0.2, -0.15) is 0 Å². The Bertz CT molecular complexity index is 511. The summed E-state index contributed by atoms with van der Waals surface area (Å²) < 4.78 is 13.1. The maximum absolute atomic E-state index is 5.92. The van der Waals surface area contributed by atoms with Crippen LogP contribution in [-0.4, -0.2) is 78.7 Å². The second-order valence-electron chi connectivity index (χ2n) is 6.17. The first-order chi connectivity index (χ1) is 12.3. The van der Waals surface area contributed by atoms with Crippen LogP contribution >= 0.6 is 0 Å². The number of hydrogen-bond acceptors (Lipinski definition) is 5. The van der Waals surface area contributed by atoms with Gasteiger partial charge in [0.15, 0.2) is 5.96 Å². The van der Waals surface area contributed by atoms with Crippen LogP contribution in [0, 0.1) is 0 Å². The molecule has 8 nitrogen and oxygen atoms in total. The number of aryl methyl sites for hydroxylation is 1. The zero-order valence-corrected chi connectivity index (χ0v) is 15.8. The van der Waals surface area contributed by atoms with Crippen molar-refractivity contribution in [3.8, 4) is 0 Å². The average Bonchev–Trinajstić information content (AvgIpc) is 3.10. The van der Waals surface area contributed by atoms with Crippen molar-refractivity contribution in [2.75, 3.05) is 47.0 Å². The van der Waals surface area contributed by atoms with Crippen LogP contribution in [0.1, 0.15) is 32.0 Å². The molecule has 142 valence electrons. The third-order valence-corrected chi connectivity index (χ3v) is 4.45. The van der Waals surface area contributed by atoms with E-state index in [0.717, 1.165) is 76.9 Å². The molecule has 0 aromatic carbocycles. The molecule has 0 spiro atoms. The van der Waals surface area contributed by atoms with E-state index in [0.29, 0.717) is 6.10 Å². The van der Waals surface area contributed by atoms with Crippen LogP contribution < -0.4 is 5.32 Å². The highest BCUT2D eigenvalue weighted by molar-refractivity contribution is 5.79. The lowest BCUT2D eigenvalue weighted by atomic mass is 10.1. The van der Waals surface area contributed by atoms with E-state index in [1.54, 1.807) is 13.4 Å². The Morgan fingerprint density at radius 2 is 2.16 bits per heavy atom. The van der Waals surface area contributed by atoms with Crippen LogP contribution in [0.5, 0.6) is 0 Å². The van der Waals surface area contributed by atoms with Crippen molar-refractivity contribution < 1.29 is 9.47 Å². The van der Waals surface area contributed by atoms with Gasteiger partial charge in [0.2, 0.25) is 0 Å². The normalized spacial score (nSPS) is 16.4. The number of guanidine groups is 1. The number of aliphatic imine (C=N–C) groups is 1. The molecule has 0 saturated carbocycles. The number of likely N-dealkylation sites (tertiary alicyclic amines) is 1. The Labute approximate surface area is 150 Å². The van der Waals surface area contributed by atoms with Crippen molar-refractivity contribution in [1.29, 1.82) is 0 Å². The summed E-state index contributed by atoms with van der Waals surface area (Å²) in [7, 11) is 3.56. The van der Waals surface area contributed by atoms with Gasteiger partial charge in [-0.1, -0.05) is 6.92 Å². The second kappa shape index (κ2) is 11.0. The number of nitrogens with one attached hydrogen (secondary N) is 1. The standard InChI is InChI=1S/C17H32N6O2/c1-4-16-21-20-14-23(16)11-8-19-17(18-2)22-9-6-15(7-10-22)25-13-5-12-24-3/h14-15H,4-13H2,1-3H3,(H,18,19). The third kappa shape index (κ3) is 6.28. The Morgan fingerprint density at radius 3 is 2.84 bits per heavy atom. The average molecular weight is 352 g/mol. The molecule has 8 heteroatoms. The first kappa shape index (κ1) is 19.7. The molecule has 0 amide bonds. The molecule has 2 rings (SSSR count). The van der Waals surface area contributed by atoms with Crippen molar-refractivity contribution in [1.82, 2.24) is 25.0 Å². The molecule has 1 saturated heterocycles. The third-order valence-electron chi connectivity index (χ3n) is 4.45. The van der Waals surface area contributed by atoms with Gasteiger partial charge < -0.3 is 24.3 Å². The Balaban J connectivity index is 1.68. The van der Waals surface area contributed by atoms with Gasteiger partial charge in [-0.15, -0.1) is 10.2 Å². The van der Waals surface area contributed by atoms with Crippen LogP contribution in [0.2, 0.25) is 0 Å². The molecule has 0 bridgehead atoms. The maximum atomic E-state index is 5.92. The Morgan fingerprint density at radius 1 is 1.36 bits per heavy atom. The zero-order chi connectivity index (χ0) is 17.9. The van der Waals surface area contributed by atoms with E-state index in [2.05, 4.69) is 36.9 Å². The number of ether oxygens (including phenoxy) is 2. The topological polar surface area (TPSA) is 76.8 Å². The maximum Gasteiger partial charge on any atom is 0.193 e. The van der Waals surface area contributed by atoms with Gasteiger partial charge in [-0.3, -0.25) is 4.99 Å². The van der Waals surface area contributed by atoms with Gasteiger partial charge >= 0.3 is 0 Å². The predicted octanol–water partition coefficient (Wildman–Crippen LogP) is 0.933. The fraction of sp³-hybridized carbons (Fsp3) is 0.824. The molecule has 1 N–H and O–H groups in total. The molecule has 0 atom stereocenters. The minimum atomic E-state index is 0.357. The largest absolute Gasteiger partial charge is 0.385 e. The smallest absolute Gasteiger partial charge is 0.193 e. The molecule has 25 heavy (non-hydrogen) atoms. The SMILES string of the molecule is CCc1nncn1CCNC(=NC)N1CCC(OCCCOC)CC1. The van der Waals surface area contributed by atoms with Crippen molar-refractivity contribution in [2.24, 2.45) is 4.99 Å². The van der Waals surface area contributed by atoms with Crippen LogP contribution in [0.4, 0.5) is 0 Å². The van der Waals surface area contributed by atoms with E-state index < -0.39 is 0 Å². The highest BCUT2D eigenvalue weighted by Gasteiger charge is 2.21. The summed E-state index contributed by atoms with van der Waals surface area (Å²) in [5.74, 6) is 1.98. The number of methoxy groups -OCH3 is 1. The molecule has 0 unspecified atom stereocenters. The fourth-order valence-electron chi connectivity index (χ4n) is 3.05. The summed E-state index contributed by atoms with van der Waals surface area (Å²) in [6, 6.07) is 0. The lowest BCUT2D eigenvalue weighted by Gasteiger charge is -2.34. The van der Waals surface area contributed by atoms with Crippen molar-refractivity contribution >= 4 is 5.96 Å². The van der Waals surface area contributed by atoms with E-state index >= 15 is 0 Å². The molecule has 0 aliphatic carbocycles. The van der Waals surface area contributed by atoms with Gasteiger partial charge in [-0.25, -0.2) is 0 Å². The fourth-order valence-corrected chi connectivity index (χ4v) is 3.05. The van der Waals surface area contributed by atoms with E-state index in [1.807, 2.05) is 7.05 Å². The molecular weight excluding hydrogens is 320 g/mol. The summed E-state index contributed by atoms with van der Waals surface area (Å²) in [5.41, 5.74) is 0. The molecule has 1 fully saturated rings. The minimum absolute atomic E-state index is 0.357. The zero-order valence-electron chi connectivity index (χ0n) is 15.8. The Kier molecular flexibility index (Phi) is 8.68.